The molecule has 99 heavy (non-hydrogen) atoms. The lowest BCUT2D eigenvalue weighted by Gasteiger charge is -2.39. The summed E-state index contributed by atoms with van der Waals surface area (Å²) in [6, 6.07) is 0. The molecular weight excluding hydrogens is 1240 g/mol. The van der Waals surface area contributed by atoms with Crippen molar-refractivity contribution in [1.82, 2.24) is 0 Å². The van der Waals surface area contributed by atoms with Gasteiger partial charge in [0.15, 0.2) is 46.8 Å². The Labute approximate surface area is 611 Å². The standard InChI is InChI=1S/C11H20BO2.2C10H18BO2.2C9H16BO2.C9H18BO2.C8H16BO2.C7H14BO2.2CH4/c1-9-5-8-12-11(10(13)14-9)6-3-2-4-7-11;1-8-5-7-11-9-4-2-3-6-10(9,12)13-8;1-8-6-11-9-4-2-3-5-10(9,12)13-7-8;1-7-4-6-10-8-3-2-5-9(8,11)12-7;1-7-5-10-8-3-2-4-9(8,11)12-6-7;1-7-5-6-10-8(2,3)9(4,11)12-7;1-6-4-5-9-7(2)8(3,10)11-6;1-6-3-4-8-5-7(2,9)10-6;;/h9-10,13H,2-8H2,1H3;2*8-9,12H,2-7H2,1H3;2*7-8,11H,2-6H2,1H3;7,11H,5-6H2,1-4H3;6-7,10H,4-5H2,1-3H3;6,9H,3-5H2,1-2H3;2*1H4. The second kappa shape index (κ2) is 42.0. The molecular formula is C75H144B8O16. The lowest BCUT2D eigenvalue weighted by molar-refractivity contribution is -0.238. The molecule has 21 unspecified atom stereocenters. The van der Waals surface area contributed by atoms with Gasteiger partial charge in [-0.05, 0) is 184 Å². The first kappa shape index (κ1) is 91.3. The predicted molar refractivity (Wildman–Crippen MR) is 411 cm³/mol. The molecule has 8 saturated heterocycles. The Morgan fingerprint density at radius 3 is 1.29 bits per heavy atom. The Bertz CT molecular complexity index is 2200. The third-order valence-corrected chi connectivity index (χ3v) is 23.5. The molecule has 8 heterocycles. The summed E-state index contributed by atoms with van der Waals surface area (Å²) in [5.41, 5.74) is 0. The van der Waals surface area contributed by atoms with E-state index in [9.17, 15) is 40.9 Å². The second-order valence-electron chi connectivity index (χ2n) is 33.4. The topological polar surface area (TPSA) is 236 Å². The van der Waals surface area contributed by atoms with Gasteiger partial charge in [0, 0.05) is 25.7 Å². The van der Waals surface area contributed by atoms with Gasteiger partial charge in [-0.25, -0.2) is 0 Å². The number of ether oxygens (including phenoxy) is 8. The molecule has 5 aliphatic carbocycles. The smallest absolute Gasteiger partial charge is 0.161 e. The predicted octanol–water partition coefficient (Wildman–Crippen LogP) is 14.7. The molecule has 564 valence electrons. The van der Waals surface area contributed by atoms with E-state index in [-0.39, 0.29) is 79.6 Å². The Balaban J connectivity index is 0.000000240. The minimum Gasteiger partial charge on any atom is -0.368 e. The van der Waals surface area contributed by atoms with E-state index in [2.05, 4.69) is 85.9 Å². The van der Waals surface area contributed by atoms with Crippen molar-refractivity contribution < 1.29 is 78.7 Å². The summed E-state index contributed by atoms with van der Waals surface area (Å²) >= 11 is 0. The first-order valence-electron chi connectivity index (χ1n) is 39.3. The maximum atomic E-state index is 10.3. The van der Waals surface area contributed by atoms with Gasteiger partial charge in [0.05, 0.1) is 49.8 Å². The summed E-state index contributed by atoms with van der Waals surface area (Å²) in [6.07, 6.45) is 36.6. The molecule has 8 radical (unpaired) electrons. The van der Waals surface area contributed by atoms with E-state index >= 15 is 0 Å². The number of aliphatic hydroxyl groups is 8. The summed E-state index contributed by atoms with van der Waals surface area (Å²) in [5.74, 6) is -3.74. The minimum atomic E-state index is -1.02. The van der Waals surface area contributed by atoms with Gasteiger partial charge in [0.25, 0.3) is 0 Å². The maximum Gasteiger partial charge on any atom is 0.161 e. The average molecular weight is 1390 g/mol. The fourth-order valence-electron chi connectivity index (χ4n) is 16.4. The normalized spacial score (nSPS) is 43.4. The van der Waals surface area contributed by atoms with Crippen LogP contribution in [0, 0.1) is 11.8 Å². The summed E-state index contributed by atoms with van der Waals surface area (Å²) in [4.78, 5) is 0. The van der Waals surface area contributed by atoms with Crippen LogP contribution in [0.5, 0.6) is 0 Å². The van der Waals surface area contributed by atoms with E-state index in [1.54, 1.807) is 20.8 Å². The molecule has 0 aromatic heterocycles. The lowest BCUT2D eigenvalue weighted by Crippen LogP contribution is -2.42. The zero-order valence-corrected chi connectivity index (χ0v) is 63.5. The SMILES string of the molecule is C.C.CC1CC[B]C(C)(C)C(C)(O)O1.CC1CC[B]C(C)C(C)(O)O1.CC1CC[B]C2(CCCCC2)C(O)O1.CC1CC[B]C2CCCC2(O)O1.CC1CC[B]C2CCCCC2(O)O1.CC1CC[B]CC(C)(O)O1.CC1C[B]C2CCCC2(O)OC1.CC1C[B]C2CCCCC2(O)OC1. The quantitative estimate of drug-likeness (QED) is 0.105. The van der Waals surface area contributed by atoms with Crippen molar-refractivity contribution >= 4 is 58.2 Å². The van der Waals surface area contributed by atoms with Gasteiger partial charge in [0.2, 0.25) is 0 Å². The van der Waals surface area contributed by atoms with E-state index in [0.29, 0.717) is 43.0 Å². The minimum absolute atomic E-state index is 0. The zero-order chi connectivity index (χ0) is 71.4. The van der Waals surface area contributed by atoms with Gasteiger partial charge in [-0.2, -0.15) is 0 Å². The van der Waals surface area contributed by atoms with Gasteiger partial charge in [0.1, 0.15) is 58.2 Å². The maximum absolute atomic E-state index is 10.3. The van der Waals surface area contributed by atoms with Crippen molar-refractivity contribution in [2.45, 2.75) is 452 Å². The summed E-state index contributed by atoms with van der Waals surface area (Å²) in [5, 5.41) is 79.7. The van der Waals surface area contributed by atoms with Crippen molar-refractivity contribution in [3.8, 4) is 0 Å². The molecule has 0 amide bonds. The fourth-order valence-corrected chi connectivity index (χ4v) is 16.4. The van der Waals surface area contributed by atoms with Crippen LogP contribution in [-0.2, 0) is 37.9 Å². The molecule has 21 atom stereocenters. The van der Waals surface area contributed by atoms with Crippen molar-refractivity contribution in [3.63, 3.8) is 0 Å². The van der Waals surface area contributed by atoms with E-state index in [1.807, 2.05) is 48.5 Å². The van der Waals surface area contributed by atoms with Gasteiger partial charge >= 0.3 is 0 Å². The Hall–Kier alpha value is -0.121. The highest BCUT2D eigenvalue weighted by Gasteiger charge is 2.48. The van der Waals surface area contributed by atoms with Crippen LogP contribution < -0.4 is 0 Å². The van der Waals surface area contributed by atoms with Crippen LogP contribution in [0.25, 0.3) is 0 Å². The molecule has 5 saturated carbocycles. The molecule has 13 aliphatic rings. The van der Waals surface area contributed by atoms with Crippen LogP contribution in [0.1, 0.15) is 272 Å². The third-order valence-electron chi connectivity index (χ3n) is 23.5. The summed E-state index contributed by atoms with van der Waals surface area (Å²) in [6.45, 7) is 29.1. The van der Waals surface area contributed by atoms with E-state index in [0.717, 1.165) is 179 Å². The highest BCUT2D eigenvalue weighted by Crippen LogP contribution is 2.50. The molecule has 1 spiro atoms. The van der Waals surface area contributed by atoms with E-state index in [4.69, 9.17) is 37.9 Å². The number of fused-ring (bicyclic) bond motifs is 4. The molecule has 13 rings (SSSR count). The van der Waals surface area contributed by atoms with Crippen LogP contribution in [0.15, 0.2) is 0 Å². The molecule has 8 N–H and O–H groups in total. The van der Waals surface area contributed by atoms with Gasteiger partial charge in [-0.15, -0.1) is 0 Å². The molecule has 24 heteroatoms. The first-order chi connectivity index (χ1) is 45.5. The van der Waals surface area contributed by atoms with Crippen LogP contribution in [-0.4, -0.2) is 196 Å². The number of hydrogen-bond acceptors (Lipinski definition) is 16. The van der Waals surface area contributed by atoms with Crippen molar-refractivity contribution in [2.24, 2.45) is 11.8 Å². The Morgan fingerprint density at radius 2 is 0.758 bits per heavy atom. The Morgan fingerprint density at radius 1 is 0.364 bits per heavy atom. The van der Waals surface area contributed by atoms with Gasteiger partial charge in [-0.1, -0.05) is 171 Å². The lowest BCUT2D eigenvalue weighted by atomic mass is 9.45. The van der Waals surface area contributed by atoms with Crippen LogP contribution in [0.2, 0.25) is 96.6 Å². The molecule has 0 aromatic carbocycles. The van der Waals surface area contributed by atoms with E-state index < -0.39 is 46.8 Å². The molecule has 13 fully saturated rings. The second-order valence-corrected chi connectivity index (χ2v) is 33.4. The highest BCUT2D eigenvalue weighted by molar-refractivity contribution is 6.41. The van der Waals surface area contributed by atoms with Gasteiger partial charge in [-0.3, -0.25) is 0 Å². The van der Waals surface area contributed by atoms with Crippen molar-refractivity contribution in [2.75, 3.05) is 13.2 Å². The Kier molecular flexibility index (Phi) is 38.7. The molecule has 0 bridgehead atoms. The first-order valence-corrected chi connectivity index (χ1v) is 39.3. The van der Waals surface area contributed by atoms with Crippen LogP contribution >= 0.6 is 0 Å². The van der Waals surface area contributed by atoms with Gasteiger partial charge < -0.3 is 78.7 Å². The average Bonchev–Trinajstić information content (AvgIpc) is 1.82. The van der Waals surface area contributed by atoms with Crippen molar-refractivity contribution in [1.29, 1.82) is 0 Å². The fraction of sp³-hybridized carbons (Fsp3) is 1.00. The third kappa shape index (κ3) is 29.1. The molecule has 16 nitrogen and oxygen atoms in total. The molecule has 8 aliphatic heterocycles. The number of aliphatic hydroxyl groups excluding tert-OH is 1. The number of rotatable bonds is 0. The van der Waals surface area contributed by atoms with E-state index in [1.165, 1.54) is 32.1 Å². The van der Waals surface area contributed by atoms with Crippen LogP contribution in [0.4, 0.5) is 0 Å². The van der Waals surface area contributed by atoms with Crippen LogP contribution in [0.3, 0.4) is 0 Å². The monoisotopic (exact) mass is 1390 g/mol. The highest BCUT2D eigenvalue weighted by atomic mass is 16.7. The number of hydrogen-bond donors (Lipinski definition) is 8. The molecule has 0 aromatic rings. The summed E-state index contributed by atoms with van der Waals surface area (Å²) in [7, 11) is 17.7. The largest absolute Gasteiger partial charge is 0.368 e. The van der Waals surface area contributed by atoms with Crippen molar-refractivity contribution in [3.05, 3.63) is 0 Å². The summed E-state index contributed by atoms with van der Waals surface area (Å²) < 4.78 is 44.5. The zero-order valence-electron chi connectivity index (χ0n) is 63.5.